The molecule has 78 valence electrons. The van der Waals surface area contributed by atoms with Gasteiger partial charge in [0, 0.05) is 0 Å². The maximum absolute atomic E-state index is 11.4. The highest BCUT2D eigenvalue weighted by Gasteiger charge is 2.18. The molecule has 5 nitrogen and oxygen atoms in total. The van der Waals surface area contributed by atoms with Crippen molar-refractivity contribution in [2.75, 3.05) is 12.8 Å². The number of carbonyl (C=O) groups excluding carboxylic acids is 1. The van der Waals surface area contributed by atoms with Crippen LogP contribution in [0.3, 0.4) is 0 Å². The number of hydrogen-bond acceptors (Lipinski definition) is 6. The molecule has 2 N–H and O–H groups in total. The number of fused-ring (bicyclic) bond motifs is 1. The third kappa shape index (κ3) is 1.42. The molecule has 15 heavy (non-hydrogen) atoms. The van der Waals surface area contributed by atoms with Crippen molar-refractivity contribution in [1.29, 1.82) is 0 Å². The van der Waals surface area contributed by atoms with E-state index in [1.807, 2.05) is 6.92 Å². The molecule has 0 aromatic carbocycles. The van der Waals surface area contributed by atoms with Crippen molar-refractivity contribution in [3.05, 3.63) is 16.8 Å². The second-order valence-corrected chi connectivity index (χ2v) is 3.99. The van der Waals surface area contributed by atoms with Gasteiger partial charge < -0.3 is 10.5 Å². The molecular weight excluding hydrogens is 214 g/mol. The molecule has 2 aromatic rings. The van der Waals surface area contributed by atoms with Crippen LogP contribution in [0.25, 0.3) is 10.2 Å². The summed E-state index contributed by atoms with van der Waals surface area (Å²) in [6.07, 6.45) is 1.38. The van der Waals surface area contributed by atoms with E-state index in [2.05, 4.69) is 14.7 Å². The second kappa shape index (κ2) is 3.47. The van der Waals surface area contributed by atoms with Crippen LogP contribution in [-0.2, 0) is 4.74 Å². The van der Waals surface area contributed by atoms with Gasteiger partial charge in [-0.25, -0.2) is 14.8 Å². The van der Waals surface area contributed by atoms with Gasteiger partial charge in [0.05, 0.1) is 12.5 Å². The number of nitrogens with zero attached hydrogens (tertiary/aromatic N) is 2. The number of nitrogen functional groups attached to an aromatic ring is 1. The summed E-state index contributed by atoms with van der Waals surface area (Å²) in [7, 11) is 1.35. The van der Waals surface area contributed by atoms with Crippen molar-refractivity contribution in [2.24, 2.45) is 0 Å². The normalized spacial score (nSPS) is 10.5. The van der Waals surface area contributed by atoms with E-state index >= 15 is 0 Å². The lowest BCUT2D eigenvalue weighted by Crippen LogP contribution is -2.00. The van der Waals surface area contributed by atoms with Crippen LogP contribution in [0.15, 0.2) is 6.33 Å². The van der Waals surface area contributed by atoms with Crippen molar-refractivity contribution >= 4 is 33.3 Å². The average molecular weight is 223 g/mol. The number of ether oxygens (including phenoxy) is 1. The molecule has 0 radical (unpaired) electrons. The lowest BCUT2D eigenvalue weighted by Gasteiger charge is -1.97. The van der Waals surface area contributed by atoms with E-state index < -0.39 is 0 Å². The van der Waals surface area contributed by atoms with E-state index in [-0.39, 0.29) is 5.97 Å². The van der Waals surface area contributed by atoms with E-state index in [1.165, 1.54) is 24.8 Å². The summed E-state index contributed by atoms with van der Waals surface area (Å²) < 4.78 is 4.67. The van der Waals surface area contributed by atoms with E-state index in [0.717, 1.165) is 10.9 Å². The van der Waals surface area contributed by atoms with E-state index in [4.69, 9.17) is 5.73 Å². The zero-order chi connectivity index (χ0) is 11.0. The van der Waals surface area contributed by atoms with Gasteiger partial charge in [0.2, 0.25) is 0 Å². The van der Waals surface area contributed by atoms with Gasteiger partial charge in [-0.3, -0.25) is 0 Å². The third-order valence-electron chi connectivity index (χ3n) is 2.13. The fraction of sp³-hybridized carbons (Fsp3) is 0.222. The number of nitrogens with two attached hydrogens (primary N) is 1. The van der Waals surface area contributed by atoms with Gasteiger partial charge in [0.25, 0.3) is 0 Å². The summed E-state index contributed by atoms with van der Waals surface area (Å²) in [5, 5.41) is 0.739. The van der Waals surface area contributed by atoms with Crippen LogP contribution in [0.4, 0.5) is 5.82 Å². The minimum absolute atomic E-state index is 0.366. The predicted molar refractivity (Wildman–Crippen MR) is 57.9 cm³/mol. The molecule has 0 atom stereocenters. The summed E-state index contributed by atoms with van der Waals surface area (Å²) in [6, 6.07) is 0. The van der Waals surface area contributed by atoms with Gasteiger partial charge in [-0.05, 0) is 12.5 Å². The van der Waals surface area contributed by atoms with Gasteiger partial charge in [0.1, 0.15) is 21.9 Å². The first-order valence-electron chi connectivity index (χ1n) is 4.23. The maximum Gasteiger partial charge on any atom is 0.348 e. The Bertz CT molecular complexity index is 535. The van der Waals surface area contributed by atoms with Crippen molar-refractivity contribution in [3.8, 4) is 0 Å². The Morgan fingerprint density at radius 3 is 2.87 bits per heavy atom. The van der Waals surface area contributed by atoms with Crippen molar-refractivity contribution in [1.82, 2.24) is 9.97 Å². The zero-order valence-electron chi connectivity index (χ0n) is 8.27. The van der Waals surface area contributed by atoms with Crippen molar-refractivity contribution in [2.45, 2.75) is 6.92 Å². The highest BCUT2D eigenvalue weighted by Crippen LogP contribution is 2.32. The molecule has 2 aromatic heterocycles. The van der Waals surface area contributed by atoms with Gasteiger partial charge in [-0.2, -0.15) is 0 Å². The number of esters is 1. The molecule has 2 rings (SSSR count). The maximum atomic E-state index is 11.4. The monoisotopic (exact) mass is 223 g/mol. The number of carbonyl (C=O) groups is 1. The Morgan fingerprint density at radius 2 is 2.27 bits per heavy atom. The molecule has 0 fully saturated rings. The molecule has 6 heteroatoms. The van der Waals surface area contributed by atoms with Crippen LogP contribution in [0.5, 0.6) is 0 Å². The minimum atomic E-state index is -0.366. The van der Waals surface area contributed by atoms with E-state index in [9.17, 15) is 4.79 Å². The number of anilines is 1. The summed E-state index contributed by atoms with van der Waals surface area (Å²) >= 11 is 1.27. The lowest BCUT2D eigenvalue weighted by atomic mass is 10.2. The Balaban J connectivity index is 2.75. The van der Waals surface area contributed by atoms with E-state index in [0.29, 0.717) is 15.5 Å². The van der Waals surface area contributed by atoms with E-state index in [1.54, 1.807) is 0 Å². The highest BCUT2D eigenvalue weighted by atomic mass is 32.1. The van der Waals surface area contributed by atoms with Gasteiger partial charge >= 0.3 is 5.97 Å². The first-order chi connectivity index (χ1) is 7.15. The van der Waals surface area contributed by atoms with Gasteiger partial charge in [-0.1, -0.05) is 0 Å². The average Bonchev–Trinajstić information content (AvgIpc) is 2.56. The number of rotatable bonds is 1. The molecule has 2 heterocycles. The standard InChI is InChI=1S/C9H9N3O2S/c1-4-5-7(10)11-3-12-8(5)15-6(4)9(13)14-2/h3H,1-2H3,(H2,10,11,12). The first-order valence-corrected chi connectivity index (χ1v) is 5.04. The van der Waals surface area contributed by atoms with Crippen LogP contribution < -0.4 is 5.73 Å². The topological polar surface area (TPSA) is 78.1 Å². The Morgan fingerprint density at radius 1 is 1.53 bits per heavy atom. The van der Waals surface area contributed by atoms with Crippen LogP contribution in [0.2, 0.25) is 0 Å². The number of aryl methyl sites for hydroxylation is 1. The molecule has 0 saturated carbocycles. The Labute approximate surface area is 89.9 Å². The Hall–Kier alpha value is -1.69. The number of methoxy groups -OCH3 is 1. The fourth-order valence-corrected chi connectivity index (χ4v) is 2.46. The predicted octanol–water partition coefficient (Wildman–Crippen LogP) is 1.37. The zero-order valence-corrected chi connectivity index (χ0v) is 9.09. The molecule has 0 bridgehead atoms. The SMILES string of the molecule is COC(=O)c1sc2ncnc(N)c2c1C. The summed E-state index contributed by atoms with van der Waals surface area (Å²) in [6.45, 7) is 1.81. The van der Waals surface area contributed by atoms with Crippen LogP contribution in [0, 0.1) is 6.92 Å². The van der Waals surface area contributed by atoms with Crippen LogP contribution >= 0.6 is 11.3 Å². The second-order valence-electron chi connectivity index (χ2n) is 2.99. The first kappa shape index (κ1) is 9.85. The minimum Gasteiger partial charge on any atom is -0.465 e. The molecular formula is C9H9N3O2S. The molecule has 0 aliphatic rings. The number of hydrogen-bond donors (Lipinski definition) is 1. The summed E-state index contributed by atoms with van der Waals surface area (Å²) in [5.74, 6) is 0.0267. The molecule has 0 aliphatic carbocycles. The quantitative estimate of drug-likeness (QED) is 0.739. The van der Waals surface area contributed by atoms with Gasteiger partial charge in [0.15, 0.2) is 0 Å². The Kier molecular flexibility index (Phi) is 2.28. The van der Waals surface area contributed by atoms with Crippen LogP contribution in [0.1, 0.15) is 15.2 Å². The third-order valence-corrected chi connectivity index (χ3v) is 3.31. The lowest BCUT2D eigenvalue weighted by molar-refractivity contribution is 0.0605. The molecule has 0 spiro atoms. The van der Waals surface area contributed by atoms with Crippen molar-refractivity contribution in [3.63, 3.8) is 0 Å². The fourth-order valence-electron chi connectivity index (χ4n) is 1.39. The summed E-state index contributed by atoms with van der Waals surface area (Å²) in [5.41, 5.74) is 6.49. The molecule has 0 amide bonds. The smallest absolute Gasteiger partial charge is 0.348 e. The highest BCUT2D eigenvalue weighted by molar-refractivity contribution is 7.20. The molecule has 0 unspecified atom stereocenters. The molecule has 0 aliphatic heterocycles. The van der Waals surface area contributed by atoms with Gasteiger partial charge in [-0.15, -0.1) is 11.3 Å². The van der Waals surface area contributed by atoms with Crippen molar-refractivity contribution < 1.29 is 9.53 Å². The largest absolute Gasteiger partial charge is 0.465 e. The number of aromatic nitrogens is 2. The summed E-state index contributed by atoms with van der Waals surface area (Å²) in [4.78, 5) is 20.6. The molecule has 0 saturated heterocycles. The number of thiophene rings is 1. The van der Waals surface area contributed by atoms with Crippen LogP contribution in [-0.4, -0.2) is 23.0 Å².